The minimum atomic E-state index is -5.23. The lowest BCUT2D eigenvalue weighted by Gasteiger charge is -2.41. The summed E-state index contributed by atoms with van der Waals surface area (Å²) < 4.78 is 109. The normalized spacial score (nSPS) is 18.7. The number of halogens is 8. The second-order valence-corrected chi connectivity index (χ2v) is 9.60. The average Bonchev–Trinajstić information content (AvgIpc) is 3.62. The van der Waals surface area contributed by atoms with E-state index >= 15 is 0 Å². The van der Waals surface area contributed by atoms with Gasteiger partial charge in [0.05, 0.1) is 10.9 Å². The van der Waals surface area contributed by atoms with E-state index in [0.717, 1.165) is 28.6 Å². The molecule has 39 heavy (non-hydrogen) atoms. The van der Waals surface area contributed by atoms with Crippen molar-refractivity contribution in [2.75, 3.05) is 24.5 Å². The number of phenolic OH excluding ortho intramolecular Hbond substituents is 1. The summed E-state index contributed by atoms with van der Waals surface area (Å²) in [5, 5.41) is 13.7. The third-order valence-corrected chi connectivity index (χ3v) is 6.88. The van der Waals surface area contributed by atoms with Gasteiger partial charge < -0.3 is 14.9 Å². The lowest BCUT2D eigenvalue weighted by atomic mass is 10.0. The first-order valence-electron chi connectivity index (χ1n) is 11.8. The van der Waals surface area contributed by atoms with Crippen molar-refractivity contribution in [3.8, 4) is 17.0 Å². The lowest BCUT2D eigenvalue weighted by Crippen LogP contribution is -2.57. The van der Waals surface area contributed by atoms with Gasteiger partial charge in [-0.1, -0.05) is 12.8 Å². The SMILES string of the molecule is Cn1nc(-c2cc(C(F)(F)F)c(F)c(O)c2F)c2cnc(N3CCN(C(=O)C(F)(F)F)CC3CC3CC3)nc21. The van der Waals surface area contributed by atoms with E-state index in [-0.39, 0.29) is 54.3 Å². The molecule has 1 aromatic carbocycles. The monoisotopic (exact) mass is 564 g/mol. The molecule has 210 valence electrons. The minimum Gasteiger partial charge on any atom is -0.503 e. The number of piperazine rings is 1. The van der Waals surface area contributed by atoms with Crippen molar-refractivity contribution in [3.63, 3.8) is 0 Å². The van der Waals surface area contributed by atoms with Gasteiger partial charge in [0, 0.05) is 44.5 Å². The topological polar surface area (TPSA) is 87.4 Å². The van der Waals surface area contributed by atoms with Gasteiger partial charge in [0.25, 0.3) is 0 Å². The maximum absolute atomic E-state index is 14.7. The van der Waals surface area contributed by atoms with Gasteiger partial charge in [0.2, 0.25) is 5.95 Å². The van der Waals surface area contributed by atoms with Crippen LogP contribution in [0.2, 0.25) is 0 Å². The van der Waals surface area contributed by atoms with Crippen LogP contribution in [0.3, 0.4) is 0 Å². The summed E-state index contributed by atoms with van der Waals surface area (Å²) in [5.74, 6) is -7.20. The van der Waals surface area contributed by atoms with Crippen molar-refractivity contribution in [2.45, 2.75) is 37.7 Å². The zero-order valence-electron chi connectivity index (χ0n) is 20.1. The van der Waals surface area contributed by atoms with Crippen molar-refractivity contribution in [1.82, 2.24) is 24.6 Å². The van der Waals surface area contributed by atoms with Crippen molar-refractivity contribution in [2.24, 2.45) is 13.0 Å². The van der Waals surface area contributed by atoms with Gasteiger partial charge in [-0.2, -0.15) is 36.4 Å². The Kier molecular flexibility index (Phi) is 6.33. The number of hydrogen-bond donors (Lipinski definition) is 1. The third-order valence-electron chi connectivity index (χ3n) is 6.88. The highest BCUT2D eigenvalue weighted by Gasteiger charge is 2.46. The molecule has 1 amide bonds. The molecule has 1 aliphatic carbocycles. The number of phenols is 1. The first-order chi connectivity index (χ1) is 18.2. The van der Waals surface area contributed by atoms with Crippen molar-refractivity contribution >= 4 is 22.9 Å². The Morgan fingerprint density at radius 3 is 2.41 bits per heavy atom. The van der Waals surface area contributed by atoms with Gasteiger partial charge in [-0.25, -0.2) is 18.4 Å². The van der Waals surface area contributed by atoms with Crippen LogP contribution in [0.25, 0.3) is 22.3 Å². The fraction of sp³-hybridized carbons (Fsp3) is 0.478. The number of aryl methyl sites for hydroxylation is 1. The number of aromatic hydroxyl groups is 1. The van der Waals surface area contributed by atoms with Crippen molar-refractivity contribution < 1.29 is 45.0 Å². The highest BCUT2D eigenvalue weighted by Crippen LogP contribution is 2.42. The molecule has 3 aromatic rings. The molecular weight excluding hydrogens is 544 g/mol. The van der Waals surface area contributed by atoms with Crippen LogP contribution in [0.15, 0.2) is 12.3 Å². The van der Waals surface area contributed by atoms with E-state index in [4.69, 9.17) is 0 Å². The summed E-state index contributed by atoms with van der Waals surface area (Å²) in [4.78, 5) is 22.8. The molecule has 1 saturated carbocycles. The average molecular weight is 564 g/mol. The number of benzene rings is 1. The van der Waals surface area contributed by atoms with Gasteiger partial charge in [0.15, 0.2) is 23.0 Å². The first-order valence-corrected chi connectivity index (χ1v) is 11.8. The largest absolute Gasteiger partial charge is 0.503 e. The molecule has 2 aliphatic rings. The number of amides is 1. The molecule has 1 unspecified atom stereocenters. The molecule has 1 N–H and O–H groups in total. The number of alkyl halides is 6. The Morgan fingerprint density at radius 1 is 1.10 bits per heavy atom. The van der Waals surface area contributed by atoms with Crippen molar-refractivity contribution in [1.29, 1.82) is 0 Å². The molecule has 16 heteroatoms. The summed E-state index contributed by atoms with van der Waals surface area (Å²) in [7, 11) is 1.37. The molecular formula is C23H20F8N6O2. The van der Waals surface area contributed by atoms with E-state index in [2.05, 4.69) is 15.1 Å². The maximum Gasteiger partial charge on any atom is 0.471 e. The summed E-state index contributed by atoms with van der Waals surface area (Å²) in [6, 6.07) is -0.327. The predicted molar refractivity (Wildman–Crippen MR) is 119 cm³/mol. The molecule has 3 heterocycles. The van der Waals surface area contributed by atoms with Crippen LogP contribution >= 0.6 is 0 Å². The van der Waals surface area contributed by atoms with Crippen molar-refractivity contribution in [3.05, 3.63) is 29.5 Å². The minimum absolute atomic E-state index is 0.00910. The maximum atomic E-state index is 14.7. The van der Waals surface area contributed by atoms with Gasteiger partial charge in [-0.15, -0.1) is 0 Å². The van der Waals surface area contributed by atoms with Crippen LogP contribution in [0.5, 0.6) is 5.75 Å². The second kappa shape index (κ2) is 9.19. The number of hydrogen-bond acceptors (Lipinski definition) is 6. The van der Waals surface area contributed by atoms with Gasteiger partial charge >= 0.3 is 18.3 Å². The van der Waals surface area contributed by atoms with Crippen LogP contribution in [-0.4, -0.2) is 67.5 Å². The fourth-order valence-corrected chi connectivity index (χ4v) is 4.79. The van der Waals surface area contributed by atoms with Gasteiger partial charge in [-0.05, 0) is 18.4 Å². The fourth-order valence-electron chi connectivity index (χ4n) is 4.79. The van der Waals surface area contributed by atoms with E-state index in [9.17, 15) is 45.0 Å². The molecule has 1 aliphatic heterocycles. The van der Waals surface area contributed by atoms with Crippen LogP contribution in [0, 0.1) is 17.6 Å². The Labute approximate surface area is 214 Å². The van der Waals surface area contributed by atoms with E-state index in [1.165, 1.54) is 7.05 Å². The molecule has 1 saturated heterocycles. The highest BCUT2D eigenvalue weighted by molar-refractivity contribution is 5.92. The standard InChI is InChI=1S/C23H20F8N6O2/c1-35-19-13(17(34-35)12-7-14(22(26,27)28)16(25)18(38)15(12)24)8-32-21(33-19)37-5-4-36(20(39)23(29,30)31)9-11(37)6-10-2-3-10/h7-8,10-11,38H,2-6,9H2,1H3. The Morgan fingerprint density at radius 2 is 1.79 bits per heavy atom. The quantitative estimate of drug-likeness (QED) is 0.473. The Bertz CT molecular complexity index is 1450. The molecule has 0 radical (unpaired) electrons. The molecule has 8 nitrogen and oxygen atoms in total. The molecule has 0 spiro atoms. The molecule has 2 aromatic heterocycles. The van der Waals surface area contributed by atoms with Gasteiger partial charge in [0.1, 0.15) is 5.69 Å². The van der Waals surface area contributed by atoms with E-state index in [1.54, 1.807) is 4.90 Å². The summed E-state index contributed by atoms with van der Waals surface area (Å²) in [6.45, 7) is -0.449. The molecule has 5 rings (SSSR count). The number of fused-ring (bicyclic) bond motifs is 1. The zero-order chi connectivity index (χ0) is 28.4. The van der Waals surface area contributed by atoms with Crippen LogP contribution < -0.4 is 4.90 Å². The third kappa shape index (κ3) is 4.91. The van der Waals surface area contributed by atoms with E-state index in [0.29, 0.717) is 6.42 Å². The number of anilines is 1. The van der Waals surface area contributed by atoms with E-state index < -0.39 is 52.8 Å². The number of rotatable bonds is 4. The molecule has 1 atom stereocenters. The molecule has 2 fully saturated rings. The summed E-state index contributed by atoms with van der Waals surface area (Å²) >= 11 is 0. The zero-order valence-corrected chi connectivity index (χ0v) is 20.1. The van der Waals surface area contributed by atoms with Crippen LogP contribution in [-0.2, 0) is 18.0 Å². The molecule has 0 bridgehead atoms. The number of nitrogens with zero attached hydrogens (tertiary/aromatic N) is 6. The summed E-state index contributed by atoms with van der Waals surface area (Å²) in [5.41, 5.74) is -3.05. The second-order valence-electron chi connectivity index (χ2n) is 9.60. The van der Waals surface area contributed by atoms with E-state index in [1.807, 2.05) is 0 Å². The Hall–Kier alpha value is -3.72. The summed E-state index contributed by atoms with van der Waals surface area (Å²) in [6.07, 6.45) is -6.78. The first kappa shape index (κ1) is 26.9. The number of aromatic nitrogens is 4. The Balaban J connectivity index is 1.52. The number of carbonyl (C=O) groups is 1. The smallest absolute Gasteiger partial charge is 0.471 e. The van der Waals surface area contributed by atoms with Crippen LogP contribution in [0.4, 0.5) is 41.1 Å². The highest BCUT2D eigenvalue weighted by atomic mass is 19.4. The predicted octanol–water partition coefficient (Wildman–Crippen LogP) is 4.41. The van der Waals surface area contributed by atoms with Gasteiger partial charge in [-0.3, -0.25) is 4.79 Å². The number of carbonyl (C=O) groups excluding carboxylic acids is 1. The lowest BCUT2D eigenvalue weighted by molar-refractivity contribution is -0.186. The van der Waals surface area contributed by atoms with Crippen LogP contribution in [0.1, 0.15) is 24.8 Å².